The molecule has 2 heterocycles. The molecule has 1 aromatic rings. The smallest absolute Gasteiger partial charge is 0.330 e. The van der Waals surface area contributed by atoms with Gasteiger partial charge in [-0.15, -0.1) is 0 Å². The molecule has 3 N–H and O–H groups in total. The van der Waals surface area contributed by atoms with Crippen molar-refractivity contribution < 1.29 is 4.74 Å². The van der Waals surface area contributed by atoms with Crippen LogP contribution in [0.2, 0.25) is 0 Å². The molecule has 2 rings (SSSR count). The predicted octanol–water partition coefficient (Wildman–Crippen LogP) is 0.506. The Hall–Kier alpha value is -1.40. The monoisotopic (exact) mass is 255 g/mol. The quantitative estimate of drug-likeness (QED) is 0.765. The summed E-state index contributed by atoms with van der Waals surface area (Å²) in [5, 5.41) is 0. The first-order valence-electron chi connectivity index (χ1n) is 6.22. The fourth-order valence-corrected chi connectivity index (χ4v) is 1.81. The van der Waals surface area contributed by atoms with Gasteiger partial charge in [-0.2, -0.15) is 0 Å². The average molecular weight is 255 g/mol. The van der Waals surface area contributed by atoms with Crippen LogP contribution in [0.4, 0.5) is 0 Å². The molecule has 0 bridgehead atoms. The maximum absolute atomic E-state index is 11.6. The van der Waals surface area contributed by atoms with Gasteiger partial charge >= 0.3 is 5.69 Å². The van der Waals surface area contributed by atoms with Crippen LogP contribution in [-0.2, 0) is 4.74 Å². The second-order valence-corrected chi connectivity index (χ2v) is 4.17. The van der Waals surface area contributed by atoms with Gasteiger partial charge in [0.25, 0.3) is 5.56 Å². The highest BCUT2D eigenvalue weighted by atomic mass is 16.5. The van der Waals surface area contributed by atoms with Crippen LogP contribution in [-0.4, -0.2) is 21.7 Å². The molecule has 102 valence electrons. The molecular weight excluding hydrogens is 234 g/mol. The molecule has 0 amide bonds. The van der Waals surface area contributed by atoms with Crippen LogP contribution in [0.5, 0.6) is 0 Å². The van der Waals surface area contributed by atoms with E-state index in [-0.39, 0.29) is 23.9 Å². The summed E-state index contributed by atoms with van der Waals surface area (Å²) in [5.41, 5.74) is 5.47. The van der Waals surface area contributed by atoms with Gasteiger partial charge in [0.05, 0.1) is 6.10 Å². The molecule has 0 aliphatic carbocycles. The number of aryl methyl sites for hydroxylation is 1. The molecule has 1 aliphatic rings. The van der Waals surface area contributed by atoms with Gasteiger partial charge in [0.15, 0.2) is 0 Å². The molecule has 1 aromatic heterocycles. The molecular formula is C12H21N3O3. The van der Waals surface area contributed by atoms with Gasteiger partial charge < -0.3 is 10.5 Å². The van der Waals surface area contributed by atoms with E-state index in [0.717, 1.165) is 0 Å². The highest BCUT2D eigenvalue weighted by molar-refractivity contribution is 5.02. The maximum Gasteiger partial charge on any atom is 0.330 e. The van der Waals surface area contributed by atoms with Crippen LogP contribution < -0.4 is 17.0 Å². The fourth-order valence-electron chi connectivity index (χ4n) is 1.81. The Morgan fingerprint density at radius 3 is 2.56 bits per heavy atom. The van der Waals surface area contributed by atoms with E-state index in [1.54, 1.807) is 6.92 Å². The molecule has 3 atom stereocenters. The minimum Gasteiger partial charge on any atom is -0.353 e. The molecule has 18 heavy (non-hydrogen) atoms. The Kier molecular flexibility index (Phi) is 4.86. The topological polar surface area (TPSA) is 90.1 Å². The van der Waals surface area contributed by atoms with Crippen LogP contribution in [0.15, 0.2) is 15.8 Å². The molecule has 0 aromatic carbocycles. The van der Waals surface area contributed by atoms with Gasteiger partial charge in [-0.25, -0.2) is 4.79 Å². The van der Waals surface area contributed by atoms with E-state index in [4.69, 9.17) is 10.5 Å². The first-order valence-corrected chi connectivity index (χ1v) is 6.22. The SMILES string of the molecule is CC.Cc1cn(C2CC(N)C(C)O2)c(=O)[nH]c1=O. The summed E-state index contributed by atoms with van der Waals surface area (Å²) < 4.78 is 6.94. The van der Waals surface area contributed by atoms with Gasteiger partial charge in [-0.3, -0.25) is 14.3 Å². The van der Waals surface area contributed by atoms with Gasteiger partial charge in [0.2, 0.25) is 0 Å². The van der Waals surface area contributed by atoms with Crippen LogP contribution >= 0.6 is 0 Å². The number of aromatic nitrogens is 2. The predicted molar refractivity (Wildman–Crippen MR) is 69.6 cm³/mol. The Balaban J connectivity index is 0.000000771. The first-order chi connectivity index (χ1) is 8.49. The van der Waals surface area contributed by atoms with Crippen molar-refractivity contribution in [3.8, 4) is 0 Å². The summed E-state index contributed by atoms with van der Waals surface area (Å²) >= 11 is 0. The zero-order chi connectivity index (χ0) is 13.9. The third-order valence-corrected chi connectivity index (χ3v) is 2.90. The van der Waals surface area contributed by atoms with E-state index in [1.165, 1.54) is 10.8 Å². The van der Waals surface area contributed by atoms with Crippen LogP contribution in [0, 0.1) is 6.92 Å². The second-order valence-electron chi connectivity index (χ2n) is 4.17. The normalized spacial score (nSPS) is 26.6. The Morgan fingerprint density at radius 1 is 1.44 bits per heavy atom. The highest BCUT2D eigenvalue weighted by Crippen LogP contribution is 2.25. The molecule has 0 radical (unpaired) electrons. The van der Waals surface area contributed by atoms with Crippen LogP contribution in [0.25, 0.3) is 0 Å². The molecule has 3 unspecified atom stereocenters. The summed E-state index contributed by atoms with van der Waals surface area (Å²) in [7, 11) is 0. The van der Waals surface area contributed by atoms with E-state index in [0.29, 0.717) is 12.0 Å². The van der Waals surface area contributed by atoms with Crippen molar-refractivity contribution in [3.05, 3.63) is 32.6 Å². The van der Waals surface area contributed by atoms with E-state index in [1.807, 2.05) is 20.8 Å². The lowest BCUT2D eigenvalue weighted by Gasteiger charge is -2.13. The van der Waals surface area contributed by atoms with Crippen molar-refractivity contribution >= 4 is 0 Å². The first kappa shape index (κ1) is 14.7. The van der Waals surface area contributed by atoms with Gasteiger partial charge in [0, 0.05) is 24.2 Å². The minimum atomic E-state index is -0.457. The van der Waals surface area contributed by atoms with Crippen molar-refractivity contribution in [2.24, 2.45) is 5.73 Å². The Morgan fingerprint density at radius 2 is 2.06 bits per heavy atom. The molecule has 1 fully saturated rings. The average Bonchev–Trinajstić information content (AvgIpc) is 2.67. The zero-order valence-electron chi connectivity index (χ0n) is 11.3. The van der Waals surface area contributed by atoms with Crippen LogP contribution in [0.3, 0.4) is 0 Å². The number of hydrogen-bond donors (Lipinski definition) is 2. The highest BCUT2D eigenvalue weighted by Gasteiger charge is 2.31. The lowest BCUT2D eigenvalue weighted by Crippen LogP contribution is -2.33. The number of nitrogens with two attached hydrogens (primary N) is 1. The van der Waals surface area contributed by atoms with Gasteiger partial charge in [-0.05, 0) is 13.8 Å². The third kappa shape index (κ3) is 2.88. The summed E-state index contributed by atoms with van der Waals surface area (Å²) in [5.74, 6) is 0. The van der Waals surface area contributed by atoms with E-state index >= 15 is 0 Å². The van der Waals surface area contributed by atoms with Gasteiger partial charge in [0.1, 0.15) is 6.23 Å². The zero-order valence-corrected chi connectivity index (χ0v) is 11.3. The summed E-state index contributed by atoms with van der Waals surface area (Å²) in [6.45, 7) is 7.52. The summed E-state index contributed by atoms with van der Waals surface area (Å²) in [6.07, 6.45) is 1.63. The fraction of sp³-hybridized carbons (Fsp3) is 0.667. The lowest BCUT2D eigenvalue weighted by molar-refractivity contribution is 0.00598. The lowest BCUT2D eigenvalue weighted by atomic mass is 10.2. The van der Waals surface area contributed by atoms with Crippen molar-refractivity contribution in [2.45, 2.75) is 52.5 Å². The number of hydrogen-bond acceptors (Lipinski definition) is 4. The van der Waals surface area contributed by atoms with Crippen molar-refractivity contribution in [2.75, 3.05) is 0 Å². The number of aromatic amines is 1. The molecule has 6 heteroatoms. The molecule has 1 aliphatic heterocycles. The van der Waals surface area contributed by atoms with E-state index in [2.05, 4.69) is 4.98 Å². The number of nitrogens with one attached hydrogen (secondary N) is 1. The molecule has 6 nitrogen and oxygen atoms in total. The Bertz CT molecular complexity index is 496. The molecule has 1 saturated heterocycles. The van der Waals surface area contributed by atoms with E-state index in [9.17, 15) is 9.59 Å². The number of rotatable bonds is 1. The Labute approximate surface area is 106 Å². The summed E-state index contributed by atoms with van der Waals surface area (Å²) in [4.78, 5) is 25.0. The van der Waals surface area contributed by atoms with E-state index < -0.39 is 5.69 Å². The largest absolute Gasteiger partial charge is 0.353 e. The maximum atomic E-state index is 11.6. The molecule has 0 saturated carbocycles. The standard InChI is InChI=1S/C10H15N3O3.C2H6/c1-5-4-13(10(15)12-9(5)14)8-3-7(11)6(2)16-8;1-2/h4,6-8H,3,11H2,1-2H3,(H,12,14,15);1-2H3. The van der Waals surface area contributed by atoms with Crippen molar-refractivity contribution in [1.29, 1.82) is 0 Å². The number of H-pyrrole nitrogens is 1. The second kappa shape index (κ2) is 5.97. The molecule has 0 spiro atoms. The minimum absolute atomic E-state index is 0.0795. The summed E-state index contributed by atoms with van der Waals surface area (Å²) in [6, 6.07) is -0.0795. The van der Waals surface area contributed by atoms with Crippen molar-refractivity contribution in [1.82, 2.24) is 9.55 Å². The number of ether oxygens (including phenoxy) is 1. The number of nitrogens with zero attached hydrogens (tertiary/aromatic N) is 1. The van der Waals surface area contributed by atoms with Gasteiger partial charge in [-0.1, -0.05) is 13.8 Å². The van der Waals surface area contributed by atoms with Crippen molar-refractivity contribution in [3.63, 3.8) is 0 Å². The van der Waals surface area contributed by atoms with Crippen LogP contribution in [0.1, 0.15) is 39.0 Å². The third-order valence-electron chi connectivity index (χ3n) is 2.90.